The highest BCUT2D eigenvalue weighted by molar-refractivity contribution is 9.12. The zero-order valence-electron chi connectivity index (χ0n) is 6.86. The minimum Gasteiger partial charge on any atom is -0.263 e. The van der Waals surface area contributed by atoms with E-state index in [9.17, 15) is 10.1 Å². The summed E-state index contributed by atoms with van der Waals surface area (Å²) in [5, 5.41) is 11.1. The van der Waals surface area contributed by atoms with Crippen molar-refractivity contribution in [1.82, 2.24) is 0 Å². The van der Waals surface area contributed by atoms with Gasteiger partial charge in [-0.05, 0) is 33.6 Å². The number of nitro groups is 1. The Morgan fingerprint density at radius 2 is 2.07 bits per heavy atom. The molecule has 1 aromatic rings. The fraction of sp³-hybridized carbons (Fsp3) is 0.250. The van der Waals surface area contributed by atoms with Crippen molar-refractivity contribution in [3.05, 3.63) is 45.0 Å². The first-order valence-corrected chi connectivity index (χ1v) is 5.90. The molecule has 0 radical (unpaired) electrons. The maximum absolute atomic E-state index is 10.5. The molecule has 0 aliphatic heterocycles. The Morgan fingerprint density at radius 1 is 1.43 bits per heavy atom. The Hall–Kier alpha value is -0.130. The molecule has 0 saturated carbocycles. The summed E-state index contributed by atoms with van der Waals surface area (Å²) in [7, 11) is 0. The summed E-state index contributed by atoms with van der Waals surface area (Å²) < 4.78 is 0. The van der Waals surface area contributed by atoms with Gasteiger partial charge in [-0.25, -0.2) is 0 Å². The highest BCUT2D eigenvalue weighted by atomic mass is 79.9. The molecule has 2 atom stereocenters. The second kappa shape index (κ2) is 5.09. The first kappa shape index (κ1) is 11.9. The number of alkyl halides is 2. The standard InChI is InChI=1S/C8H6Br2ClNO2/c9-7(8(10)12(13)14)5-2-1-3-6(11)4-5/h1-4,7-8H. The first-order valence-electron chi connectivity index (χ1n) is 3.69. The number of nitrogens with zero attached hydrogens (tertiary/aromatic N) is 1. The molecule has 0 N–H and O–H groups in total. The lowest BCUT2D eigenvalue weighted by Crippen LogP contribution is -2.16. The van der Waals surface area contributed by atoms with Crippen LogP contribution in [0.4, 0.5) is 0 Å². The van der Waals surface area contributed by atoms with E-state index in [0.717, 1.165) is 5.56 Å². The van der Waals surface area contributed by atoms with E-state index >= 15 is 0 Å². The smallest absolute Gasteiger partial charge is 0.263 e. The van der Waals surface area contributed by atoms with Crippen molar-refractivity contribution < 1.29 is 4.92 Å². The van der Waals surface area contributed by atoms with Gasteiger partial charge in [0.05, 0.1) is 0 Å². The fourth-order valence-corrected chi connectivity index (χ4v) is 1.93. The van der Waals surface area contributed by atoms with Crippen molar-refractivity contribution in [3.63, 3.8) is 0 Å². The van der Waals surface area contributed by atoms with E-state index in [2.05, 4.69) is 31.9 Å². The third kappa shape index (κ3) is 2.93. The molecule has 0 aliphatic carbocycles. The van der Waals surface area contributed by atoms with Gasteiger partial charge in [0.1, 0.15) is 4.83 Å². The molecule has 14 heavy (non-hydrogen) atoms. The average molecular weight is 343 g/mol. The summed E-state index contributed by atoms with van der Waals surface area (Å²) in [4.78, 5) is 8.84. The summed E-state index contributed by atoms with van der Waals surface area (Å²) in [6.45, 7) is 0. The van der Waals surface area contributed by atoms with Crippen LogP contribution in [0.5, 0.6) is 0 Å². The van der Waals surface area contributed by atoms with Gasteiger partial charge in [0.25, 0.3) is 4.95 Å². The molecule has 3 nitrogen and oxygen atoms in total. The van der Waals surface area contributed by atoms with Crippen LogP contribution in [0.15, 0.2) is 24.3 Å². The molecule has 0 aromatic heterocycles. The Balaban J connectivity index is 2.89. The van der Waals surface area contributed by atoms with Gasteiger partial charge < -0.3 is 0 Å². The Bertz CT molecular complexity index is 348. The summed E-state index contributed by atoms with van der Waals surface area (Å²) in [6, 6.07) is 6.95. The predicted molar refractivity (Wildman–Crippen MR) is 62.8 cm³/mol. The van der Waals surface area contributed by atoms with Crippen molar-refractivity contribution >= 4 is 43.5 Å². The van der Waals surface area contributed by atoms with E-state index in [0.29, 0.717) is 5.02 Å². The fourth-order valence-electron chi connectivity index (χ4n) is 0.944. The van der Waals surface area contributed by atoms with Crippen LogP contribution in [0.3, 0.4) is 0 Å². The molecule has 0 fully saturated rings. The van der Waals surface area contributed by atoms with Crippen LogP contribution in [-0.2, 0) is 0 Å². The normalized spacial score (nSPS) is 14.8. The third-order valence-corrected chi connectivity index (χ3v) is 4.45. The summed E-state index contributed by atoms with van der Waals surface area (Å²) in [5.41, 5.74) is 0.774. The van der Waals surface area contributed by atoms with Crippen molar-refractivity contribution in [3.8, 4) is 0 Å². The zero-order chi connectivity index (χ0) is 10.7. The van der Waals surface area contributed by atoms with Crippen molar-refractivity contribution in [1.29, 1.82) is 0 Å². The molecule has 1 rings (SSSR count). The van der Waals surface area contributed by atoms with Crippen LogP contribution in [0.2, 0.25) is 5.02 Å². The topological polar surface area (TPSA) is 43.1 Å². The molecule has 2 unspecified atom stereocenters. The van der Waals surface area contributed by atoms with Gasteiger partial charge in [0, 0.05) is 9.95 Å². The third-order valence-electron chi connectivity index (χ3n) is 1.61. The van der Waals surface area contributed by atoms with Crippen molar-refractivity contribution in [2.75, 3.05) is 0 Å². The maximum Gasteiger partial charge on any atom is 0.282 e. The van der Waals surface area contributed by atoms with E-state index < -0.39 is 14.7 Å². The monoisotopic (exact) mass is 341 g/mol. The Kier molecular flexibility index (Phi) is 4.34. The molecular formula is C8H6Br2ClNO2. The maximum atomic E-state index is 10.5. The lowest BCUT2D eigenvalue weighted by atomic mass is 10.1. The zero-order valence-corrected chi connectivity index (χ0v) is 10.8. The molecule has 0 heterocycles. The number of rotatable bonds is 3. The van der Waals surface area contributed by atoms with Crippen LogP contribution >= 0.6 is 43.5 Å². The summed E-state index contributed by atoms with van der Waals surface area (Å²) in [6.07, 6.45) is 0. The van der Waals surface area contributed by atoms with E-state index in [1.807, 2.05) is 0 Å². The minimum atomic E-state index is -0.860. The Morgan fingerprint density at radius 3 is 2.57 bits per heavy atom. The first-order chi connectivity index (χ1) is 6.52. The van der Waals surface area contributed by atoms with Gasteiger partial charge in [-0.2, -0.15) is 0 Å². The van der Waals surface area contributed by atoms with Crippen LogP contribution in [-0.4, -0.2) is 9.87 Å². The molecule has 0 spiro atoms. The average Bonchev–Trinajstić information content (AvgIpc) is 2.15. The predicted octanol–water partition coefficient (Wildman–Crippen LogP) is 3.77. The quantitative estimate of drug-likeness (QED) is 0.363. The van der Waals surface area contributed by atoms with E-state index in [1.165, 1.54) is 0 Å². The molecule has 6 heteroatoms. The van der Waals surface area contributed by atoms with E-state index in [1.54, 1.807) is 24.3 Å². The van der Waals surface area contributed by atoms with Crippen LogP contribution in [0.25, 0.3) is 0 Å². The second-order valence-corrected chi connectivity index (χ2v) is 4.98. The van der Waals surface area contributed by atoms with Gasteiger partial charge in [0.2, 0.25) is 0 Å². The summed E-state index contributed by atoms with van der Waals surface area (Å²) in [5.74, 6) is 0. The largest absolute Gasteiger partial charge is 0.282 e. The summed E-state index contributed by atoms with van der Waals surface area (Å²) >= 11 is 12.0. The van der Waals surface area contributed by atoms with Gasteiger partial charge in [-0.15, -0.1) is 0 Å². The number of halogens is 3. The van der Waals surface area contributed by atoms with E-state index in [-0.39, 0.29) is 0 Å². The van der Waals surface area contributed by atoms with Crippen LogP contribution in [0.1, 0.15) is 10.4 Å². The van der Waals surface area contributed by atoms with Crippen molar-refractivity contribution in [2.45, 2.75) is 9.78 Å². The lowest BCUT2D eigenvalue weighted by molar-refractivity contribution is -0.492. The Labute approximate surface area is 103 Å². The molecule has 1 aromatic carbocycles. The molecule has 0 bridgehead atoms. The number of hydrogen-bond acceptors (Lipinski definition) is 2. The molecule has 0 aliphatic rings. The SMILES string of the molecule is O=[N+]([O-])C(Br)C(Br)c1cccc(Cl)c1. The highest BCUT2D eigenvalue weighted by Gasteiger charge is 2.27. The highest BCUT2D eigenvalue weighted by Crippen LogP contribution is 2.32. The minimum absolute atomic E-state index is 0.392. The molecular weight excluding hydrogens is 337 g/mol. The second-order valence-electron chi connectivity index (χ2n) is 2.61. The van der Waals surface area contributed by atoms with Gasteiger partial charge in [-0.1, -0.05) is 39.7 Å². The van der Waals surface area contributed by atoms with Crippen LogP contribution < -0.4 is 0 Å². The van der Waals surface area contributed by atoms with Gasteiger partial charge >= 0.3 is 0 Å². The van der Waals surface area contributed by atoms with Crippen LogP contribution in [0, 0.1) is 10.1 Å². The lowest BCUT2D eigenvalue weighted by Gasteiger charge is -2.10. The van der Waals surface area contributed by atoms with Gasteiger partial charge in [-0.3, -0.25) is 10.1 Å². The van der Waals surface area contributed by atoms with Crippen molar-refractivity contribution in [2.24, 2.45) is 0 Å². The number of hydrogen-bond donors (Lipinski definition) is 0. The molecule has 76 valence electrons. The molecule has 0 saturated heterocycles. The molecule has 0 amide bonds. The number of benzene rings is 1. The van der Waals surface area contributed by atoms with Gasteiger partial charge in [0.15, 0.2) is 0 Å². The van der Waals surface area contributed by atoms with E-state index in [4.69, 9.17) is 11.6 Å².